The van der Waals surface area contributed by atoms with Crippen molar-refractivity contribution in [3.8, 4) is 0 Å². The van der Waals surface area contributed by atoms with Crippen LogP contribution in [0, 0.1) is 19.1 Å². The molecule has 0 bridgehead atoms. The molecule has 106 valence electrons. The van der Waals surface area contributed by atoms with Crippen LogP contribution in [0.25, 0.3) is 0 Å². The summed E-state index contributed by atoms with van der Waals surface area (Å²) in [6.45, 7) is 5.74. The normalized spacial score (nSPS) is 18.6. The fourth-order valence-corrected chi connectivity index (χ4v) is 2.92. The summed E-state index contributed by atoms with van der Waals surface area (Å²) >= 11 is 0. The number of nitrogens with one attached hydrogen (secondary N) is 1. The maximum Gasteiger partial charge on any atom is 0.277 e. The van der Waals surface area contributed by atoms with Crippen LogP contribution >= 0.6 is 0 Å². The molecule has 0 spiro atoms. The Labute approximate surface area is 120 Å². The lowest BCUT2D eigenvalue weighted by molar-refractivity contribution is -0.680. The van der Waals surface area contributed by atoms with E-state index in [1.807, 2.05) is 19.9 Å². The fraction of sp³-hybridized carbons (Fsp3) is 0.267. The van der Waals surface area contributed by atoms with Crippen molar-refractivity contribution >= 4 is 15.3 Å². The van der Waals surface area contributed by atoms with E-state index >= 15 is 0 Å². The van der Waals surface area contributed by atoms with Gasteiger partial charge in [0.25, 0.3) is 15.3 Å². The minimum Gasteiger partial charge on any atom is -0.623 e. The summed E-state index contributed by atoms with van der Waals surface area (Å²) in [4.78, 5) is -0.118. The summed E-state index contributed by atoms with van der Waals surface area (Å²) in [5, 5.41) is 11.2. The number of hydrogen-bond acceptors (Lipinski definition) is 3. The highest BCUT2D eigenvalue weighted by molar-refractivity contribution is 7.72. The number of hydroxylamine groups is 2. The second-order valence-corrected chi connectivity index (χ2v) is 5.90. The van der Waals surface area contributed by atoms with Gasteiger partial charge in [-0.05, 0) is 50.0 Å². The first-order chi connectivity index (χ1) is 9.40. The molecule has 0 fully saturated rings. The Morgan fingerprint density at radius 1 is 1.20 bits per heavy atom. The topological polar surface area (TPSA) is 61.6 Å². The molecule has 0 aromatic heterocycles. The molecule has 1 aromatic rings. The lowest BCUT2D eigenvalue weighted by Crippen LogP contribution is -3.06. The SMILES string of the molecule is CC1=C(Cc2cc(C)ccc2C)C=C[NH+]([O-])C1=S(=O)=O. The van der Waals surface area contributed by atoms with Crippen LogP contribution in [0.5, 0.6) is 0 Å². The molecule has 0 saturated carbocycles. The van der Waals surface area contributed by atoms with Gasteiger partial charge in [0, 0.05) is 5.57 Å². The van der Waals surface area contributed by atoms with E-state index in [-0.39, 0.29) is 4.99 Å². The molecule has 1 N–H and O–H groups in total. The predicted octanol–water partition coefficient (Wildman–Crippen LogP) is 1.08. The standard InChI is InChI=1S/C15H17NO3S/c1-10-4-5-11(2)14(8-10)9-13-6-7-16(17)15(12(13)3)20(18)19/h4-8,16H,9H2,1-3H3. The molecule has 1 aliphatic rings. The molecule has 1 aromatic carbocycles. The first-order valence-corrected chi connectivity index (χ1v) is 7.42. The van der Waals surface area contributed by atoms with E-state index in [1.54, 1.807) is 13.0 Å². The summed E-state index contributed by atoms with van der Waals surface area (Å²) in [7, 11) is -2.49. The third-order valence-electron chi connectivity index (χ3n) is 3.53. The highest BCUT2D eigenvalue weighted by Crippen LogP contribution is 2.19. The highest BCUT2D eigenvalue weighted by Gasteiger charge is 2.20. The minimum absolute atomic E-state index is 0.118. The van der Waals surface area contributed by atoms with Gasteiger partial charge in [0.15, 0.2) is 0 Å². The van der Waals surface area contributed by atoms with Crippen molar-refractivity contribution < 1.29 is 13.5 Å². The molecule has 0 radical (unpaired) electrons. The Kier molecular flexibility index (Phi) is 4.23. The molecule has 2 rings (SSSR count). The third kappa shape index (κ3) is 2.90. The van der Waals surface area contributed by atoms with Crippen molar-refractivity contribution in [1.82, 2.24) is 0 Å². The van der Waals surface area contributed by atoms with Crippen molar-refractivity contribution in [3.05, 3.63) is 63.5 Å². The Hall–Kier alpha value is -1.69. The van der Waals surface area contributed by atoms with Gasteiger partial charge in [-0.2, -0.15) is 8.42 Å². The van der Waals surface area contributed by atoms with E-state index in [0.717, 1.165) is 22.3 Å². The molecule has 20 heavy (non-hydrogen) atoms. The van der Waals surface area contributed by atoms with Crippen molar-refractivity contribution in [3.63, 3.8) is 0 Å². The smallest absolute Gasteiger partial charge is 0.277 e. The van der Waals surface area contributed by atoms with E-state index < -0.39 is 15.4 Å². The van der Waals surface area contributed by atoms with Crippen LogP contribution in [0.15, 0.2) is 41.6 Å². The number of benzene rings is 1. The molecule has 1 aliphatic heterocycles. The van der Waals surface area contributed by atoms with Gasteiger partial charge in [-0.3, -0.25) is 0 Å². The van der Waals surface area contributed by atoms with Gasteiger partial charge in [-0.25, -0.2) is 0 Å². The molecule has 5 heteroatoms. The van der Waals surface area contributed by atoms with Crippen LogP contribution in [0.4, 0.5) is 0 Å². The van der Waals surface area contributed by atoms with Gasteiger partial charge in [-0.15, -0.1) is 0 Å². The zero-order valence-electron chi connectivity index (χ0n) is 11.7. The Bertz CT molecular complexity index is 734. The molecule has 0 amide bonds. The summed E-state index contributed by atoms with van der Waals surface area (Å²) in [6, 6.07) is 6.19. The average Bonchev–Trinajstić information content (AvgIpc) is 2.37. The van der Waals surface area contributed by atoms with Gasteiger partial charge in [0.05, 0.1) is 0 Å². The Balaban J connectivity index is 2.46. The predicted molar refractivity (Wildman–Crippen MR) is 79.7 cm³/mol. The van der Waals surface area contributed by atoms with Crippen molar-refractivity contribution in [2.24, 2.45) is 0 Å². The van der Waals surface area contributed by atoms with Gasteiger partial charge < -0.3 is 10.3 Å². The van der Waals surface area contributed by atoms with Crippen LogP contribution in [0.2, 0.25) is 0 Å². The van der Waals surface area contributed by atoms with Crippen LogP contribution in [0.3, 0.4) is 0 Å². The van der Waals surface area contributed by atoms with Gasteiger partial charge >= 0.3 is 0 Å². The highest BCUT2D eigenvalue weighted by atomic mass is 32.2. The number of aryl methyl sites for hydroxylation is 2. The van der Waals surface area contributed by atoms with Gasteiger partial charge in [0.2, 0.25) is 0 Å². The largest absolute Gasteiger partial charge is 0.623 e. The summed E-state index contributed by atoms with van der Waals surface area (Å²) in [5.74, 6) is 0. The molecule has 4 nitrogen and oxygen atoms in total. The zero-order valence-corrected chi connectivity index (χ0v) is 12.5. The molecule has 0 aliphatic carbocycles. The number of hydrogen-bond donors (Lipinski definition) is 1. The minimum atomic E-state index is -2.49. The maximum absolute atomic E-state index is 11.6. The quantitative estimate of drug-likeness (QED) is 0.655. The first-order valence-electron chi connectivity index (χ1n) is 6.35. The number of rotatable bonds is 2. The van der Waals surface area contributed by atoms with E-state index in [1.165, 1.54) is 6.20 Å². The van der Waals surface area contributed by atoms with Crippen molar-refractivity contribution in [1.29, 1.82) is 0 Å². The molecule has 1 atom stereocenters. The second-order valence-electron chi connectivity index (χ2n) is 5.02. The van der Waals surface area contributed by atoms with E-state index in [9.17, 15) is 13.6 Å². The summed E-state index contributed by atoms with van der Waals surface area (Å²) < 4.78 is 22.3. The van der Waals surface area contributed by atoms with E-state index in [2.05, 4.69) is 12.1 Å². The third-order valence-corrected chi connectivity index (χ3v) is 4.37. The van der Waals surface area contributed by atoms with Crippen LogP contribution in [-0.4, -0.2) is 13.4 Å². The molecular weight excluding hydrogens is 274 g/mol. The first kappa shape index (κ1) is 14.7. The second kappa shape index (κ2) is 5.75. The maximum atomic E-state index is 11.6. The molecule has 1 heterocycles. The lowest BCUT2D eigenvalue weighted by Gasteiger charge is -2.23. The van der Waals surface area contributed by atoms with Gasteiger partial charge in [0.1, 0.15) is 6.20 Å². The number of allylic oxidation sites excluding steroid dienone is 2. The zero-order chi connectivity index (χ0) is 14.9. The summed E-state index contributed by atoms with van der Waals surface area (Å²) in [5.41, 5.74) is 4.89. The molecule has 1 unspecified atom stereocenters. The van der Waals surface area contributed by atoms with Crippen LogP contribution in [0.1, 0.15) is 23.6 Å². The van der Waals surface area contributed by atoms with Crippen LogP contribution < -0.4 is 5.06 Å². The fourth-order valence-electron chi connectivity index (χ4n) is 2.30. The van der Waals surface area contributed by atoms with Crippen LogP contribution in [-0.2, 0) is 16.7 Å². The average molecular weight is 291 g/mol. The summed E-state index contributed by atoms with van der Waals surface area (Å²) in [6.07, 6.45) is 3.68. The van der Waals surface area contributed by atoms with E-state index in [4.69, 9.17) is 0 Å². The van der Waals surface area contributed by atoms with Gasteiger partial charge in [-0.1, -0.05) is 23.8 Å². The van der Waals surface area contributed by atoms with Crippen molar-refractivity contribution in [2.45, 2.75) is 27.2 Å². The monoisotopic (exact) mass is 291 g/mol. The lowest BCUT2D eigenvalue weighted by atomic mass is 9.95. The Morgan fingerprint density at radius 3 is 2.55 bits per heavy atom. The number of quaternary nitrogens is 1. The van der Waals surface area contributed by atoms with E-state index in [0.29, 0.717) is 12.0 Å². The molecular formula is C15H17NO3S. The van der Waals surface area contributed by atoms with Crippen molar-refractivity contribution in [2.75, 3.05) is 0 Å². The molecule has 0 saturated heterocycles. The Morgan fingerprint density at radius 2 is 1.90 bits per heavy atom.